The number of phenolic OH excluding ortho intramolecular Hbond substituents is 1. The van der Waals surface area contributed by atoms with E-state index in [9.17, 15) is 15.0 Å². The lowest BCUT2D eigenvalue weighted by molar-refractivity contribution is -0.148. The number of carboxylic acid groups (broad SMARTS) is 1. The second-order valence-corrected chi connectivity index (χ2v) is 11.1. The van der Waals surface area contributed by atoms with Gasteiger partial charge in [0.25, 0.3) is 0 Å². The van der Waals surface area contributed by atoms with Crippen molar-refractivity contribution in [1.29, 1.82) is 0 Å². The van der Waals surface area contributed by atoms with Crippen molar-refractivity contribution in [1.82, 2.24) is 4.90 Å². The molecule has 1 fully saturated rings. The Morgan fingerprint density at radius 3 is 2.58 bits per heavy atom. The molecule has 3 aliphatic rings. The molecule has 6 nitrogen and oxygen atoms in total. The molecule has 0 spiro atoms. The third kappa shape index (κ3) is 4.08. The molecule has 2 heterocycles. The van der Waals surface area contributed by atoms with Gasteiger partial charge in [-0.2, -0.15) is 0 Å². The minimum Gasteiger partial charge on any atom is -0.508 e. The predicted molar refractivity (Wildman–Crippen MR) is 119 cm³/mol. The Balaban J connectivity index is 1.57. The fourth-order valence-corrected chi connectivity index (χ4v) is 5.36. The molecule has 170 valence electrons. The molecule has 1 saturated heterocycles. The van der Waals surface area contributed by atoms with Crippen molar-refractivity contribution >= 4 is 5.97 Å². The summed E-state index contributed by atoms with van der Waals surface area (Å²) in [6, 6.07) is 3.92. The molecular formula is C25H35NO5. The standard InChI is InChI=1S/C25H35NO5/c1-24(2,3)16-9-19(27)22-17-8-14(20(28)13-26-11-15(12-26)23(29)30)6-7-18(17)25(4,5)31-21(22)10-16/h6,9-10,15,17-18,20,27-28H,7-8,11-13H2,1-5H3,(H,29,30)/t17-,18-,20?/m1/s1. The molecule has 0 radical (unpaired) electrons. The number of hydrogen-bond donors (Lipinski definition) is 3. The molecule has 0 aromatic heterocycles. The molecular weight excluding hydrogens is 394 g/mol. The van der Waals surface area contributed by atoms with Gasteiger partial charge >= 0.3 is 5.97 Å². The largest absolute Gasteiger partial charge is 0.508 e. The number of allylic oxidation sites excluding steroid dienone is 1. The predicted octanol–water partition coefficient (Wildman–Crippen LogP) is 3.66. The maximum atomic E-state index is 11.0. The quantitative estimate of drug-likeness (QED) is 0.633. The average Bonchev–Trinajstić information content (AvgIpc) is 2.61. The molecule has 3 atom stereocenters. The molecule has 1 aliphatic carbocycles. The van der Waals surface area contributed by atoms with E-state index in [1.807, 2.05) is 11.0 Å². The summed E-state index contributed by atoms with van der Waals surface area (Å²) < 4.78 is 6.41. The maximum absolute atomic E-state index is 11.0. The van der Waals surface area contributed by atoms with Crippen molar-refractivity contribution in [2.24, 2.45) is 11.8 Å². The SMILES string of the molecule is CC(C)(C)c1cc(O)c2c(c1)OC(C)(C)[C@@H]1CC=C(C(O)CN3CC(C(=O)O)C3)C[C@@H]21. The van der Waals surface area contributed by atoms with Crippen LogP contribution in [0.5, 0.6) is 11.5 Å². The maximum Gasteiger partial charge on any atom is 0.309 e. The molecule has 2 aliphatic heterocycles. The van der Waals surface area contributed by atoms with Gasteiger partial charge in [-0.05, 0) is 55.4 Å². The van der Waals surface area contributed by atoms with Gasteiger partial charge in [0.05, 0.1) is 12.0 Å². The molecule has 3 N–H and O–H groups in total. The van der Waals surface area contributed by atoms with E-state index < -0.39 is 12.1 Å². The number of rotatable bonds is 4. The minimum atomic E-state index is -0.767. The van der Waals surface area contributed by atoms with Crippen molar-refractivity contribution in [2.45, 2.75) is 70.5 Å². The lowest BCUT2D eigenvalue weighted by Crippen LogP contribution is -2.53. The fraction of sp³-hybridized carbons (Fsp3) is 0.640. The van der Waals surface area contributed by atoms with E-state index in [-0.39, 0.29) is 34.5 Å². The topological polar surface area (TPSA) is 90.2 Å². The smallest absolute Gasteiger partial charge is 0.309 e. The van der Waals surface area contributed by atoms with E-state index in [1.54, 1.807) is 0 Å². The highest BCUT2D eigenvalue weighted by atomic mass is 16.5. The van der Waals surface area contributed by atoms with E-state index in [1.165, 1.54) is 0 Å². The fourth-order valence-electron chi connectivity index (χ4n) is 5.36. The first-order chi connectivity index (χ1) is 14.4. The van der Waals surface area contributed by atoms with Crippen molar-refractivity contribution in [3.05, 3.63) is 34.9 Å². The zero-order chi connectivity index (χ0) is 22.7. The van der Waals surface area contributed by atoms with Gasteiger partial charge in [0.2, 0.25) is 0 Å². The number of likely N-dealkylation sites (tertiary alicyclic amines) is 1. The molecule has 0 bridgehead atoms. The summed E-state index contributed by atoms with van der Waals surface area (Å²) in [7, 11) is 0. The number of aliphatic hydroxyl groups is 1. The van der Waals surface area contributed by atoms with Crippen molar-refractivity contribution in [3.63, 3.8) is 0 Å². The monoisotopic (exact) mass is 429 g/mol. The van der Waals surface area contributed by atoms with Crippen molar-refractivity contribution < 1.29 is 24.9 Å². The second-order valence-electron chi connectivity index (χ2n) is 11.1. The number of aliphatic carboxylic acids is 1. The van der Waals surface area contributed by atoms with Gasteiger partial charge in [-0.3, -0.25) is 9.69 Å². The van der Waals surface area contributed by atoms with Crippen LogP contribution in [0.25, 0.3) is 0 Å². The van der Waals surface area contributed by atoms with Crippen LogP contribution in [-0.2, 0) is 10.2 Å². The minimum absolute atomic E-state index is 0.0746. The number of carboxylic acids is 1. The molecule has 1 aromatic carbocycles. The zero-order valence-electron chi connectivity index (χ0n) is 19.2. The van der Waals surface area contributed by atoms with Crippen LogP contribution in [0.4, 0.5) is 0 Å². The number of carbonyl (C=O) groups is 1. The zero-order valence-corrected chi connectivity index (χ0v) is 19.2. The number of β-amino-alcohol motifs (C(OH)–C–C–N with tert-alkyl or cyclic N) is 1. The molecule has 1 aromatic rings. The Morgan fingerprint density at radius 2 is 1.97 bits per heavy atom. The van der Waals surface area contributed by atoms with Crippen LogP contribution in [0.2, 0.25) is 0 Å². The molecule has 0 amide bonds. The first kappa shape index (κ1) is 22.2. The summed E-state index contributed by atoms with van der Waals surface area (Å²) in [5.41, 5.74) is 2.39. The highest BCUT2D eigenvalue weighted by Gasteiger charge is 2.47. The summed E-state index contributed by atoms with van der Waals surface area (Å²) in [5, 5.41) is 30.9. The molecule has 4 rings (SSSR count). The van der Waals surface area contributed by atoms with Crippen LogP contribution in [0.1, 0.15) is 64.5 Å². The van der Waals surface area contributed by atoms with Crippen LogP contribution < -0.4 is 4.74 Å². The van der Waals surface area contributed by atoms with Crippen LogP contribution in [-0.4, -0.2) is 57.5 Å². The first-order valence-corrected chi connectivity index (χ1v) is 11.3. The lowest BCUT2D eigenvalue weighted by atomic mass is 9.66. The Labute approximate surface area is 184 Å². The van der Waals surface area contributed by atoms with Crippen LogP contribution in [0, 0.1) is 11.8 Å². The Bertz CT molecular complexity index is 907. The van der Waals surface area contributed by atoms with Gasteiger partial charge in [-0.1, -0.05) is 26.8 Å². The number of aliphatic hydroxyl groups excluding tert-OH is 1. The van der Waals surface area contributed by atoms with Crippen LogP contribution >= 0.6 is 0 Å². The summed E-state index contributed by atoms with van der Waals surface area (Å²) in [6.07, 6.45) is 2.95. The molecule has 6 heteroatoms. The number of hydrogen-bond acceptors (Lipinski definition) is 5. The van der Waals surface area contributed by atoms with E-state index in [0.29, 0.717) is 26.1 Å². The third-order valence-corrected chi connectivity index (χ3v) is 7.36. The Kier molecular flexibility index (Phi) is 5.38. The van der Waals surface area contributed by atoms with E-state index >= 15 is 0 Å². The summed E-state index contributed by atoms with van der Waals surface area (Å²) >= 11 is 0. The summed E-state index contributed by atoms with van der Waals surface area (Å²) in [4.78, 5) is 13.0. The number of aromatic hydroxyl groups is 1. The van der Waals surface area contributed by atoms with Gasteiger partial charge in [0, 0.05) is 37.0 Å². The van der Waals surface area contributed by atoms with Gasteiger partial charge in [0.1, 0.15) is 17.1 Å². The molecule has 31 heavy (non-hydrogen) atoms. The highest BCUT2D eigenvalue weighted by molar-refractivity contribution is 5.71. The number of fused-ring (bicyclic) bond motifs is 3. The average molecular weight is 430 g/mol. The van der Waals surface area contributed by atoms with E-state index in [2.05, 4.69) is 46.8 Å². The van der Waals surface area contributed by atoms with Crippen molar-refractivity contribution in [3.8, 4) is 11.5 Å². The Hall–Kier alpha value is -2.05. The summed E-state index contributed by atoms with van der Waals surface area (Å²) in [5.74, 6) is 0.216. The van der Waals surface area contributed by atoms with Gasteiger partial charge < -0.3 is 20.1 Å². The van der Waals surface area contributed by atoms with Crippen LogP contribution in [0.3, 0.4) is 0 Å². The number of benzene rings is 1. The van der Waals surface area contributed by atoms with Crippen molar-refractivity contribution in [2.75, 3.05) is 19.6 Å². The number of nitrogens with zero attached hydrogens (tertiary/aromatic N) is 1. The Morgan fingerprint density at radius 1 is 1.29 bits per heavy atom. The van der Waals surface area contributed by atoms with Crippen LogP contribution in [0.15, 0.2) is 23.8 Å². The van der Waals surface area contributed by atoms with Gasteiger partial charge in [0.15, 0.2) is 0 Å². The lowest BCUT2D eigenvalue weighted by Gasteiger charge is -2.48. The van der Waals surface area contributed by atoms with E-state index in [4.69, 9.17) is 9.84 Å². The number of phenols is 1. The highest BCUT2D eigenvalue weighted by Crippen LogP contribution is 2.55. The first-order valence-electron chi connectivity index (χ1n) is 11.3. The summed E-state index contributed by atoms with van der Waals surface area (Å²) in [6.45, 7) is 12.0. The van der Waals surface area contributed by atoms with Gasteiger partial charge in [-0.15, -0.1) is 0 Å². The molecule has 1 unspecified atom stereocenters. The normalized spacial score (nSPS) is 26.7. The van der Waals surface area contributed by atoms with E-state index in [0.717, 1.165) is 28.9 Å². The van der Waals surface area contributed by atoms with Gasteiger partial charge in [-0.25, -0.2) is 0 Å². The second kappa shape index (κ2) is 7.52. The third-order valence-electron chi connectivity index (χ3n) is 7.36. The molecule has 0 saturated carbocycles. The number of ether oxygens (including phenoxy) is 1.